The van der Waals surface area contributed by atoms with Crippen molar-refractivity contribution in [2.45, 2.75) is 64.7 Å². The molecule has 0 radical (unpaired) electrons. The first-order valence-electron chi connectivity index (χ1n) is 8.15. The average Bonchev–Trinajstić information content (AvgIpc) is 2.47. The van der Waals surface area contributed by atoms with Crippen LogP contribution in [0.25, 0.3) is 0 Å². The van der Waals surface area contributed by atoms with E-state index in [1.54, 1.807) is 0 Å². The Morgan fingerprint density at radius 1 is 1.15 bits per heavy atom. The lowest BCUT2D eigenvalue weighted by atomic mass is 10.0. The summed E-state index contributed by atoms with van der Waals surface area (Å²) >= 11 is 2.09. The number of thioether (sulfide) groups is 1. The summed E-state index contributed by atoms with van der Waals surface area (Å²) in [6.07, 6.45) is 4.85. The third-order valence-electron chi connectivity index (χ3n) is 3.66. The molecule has 1 rings (SSSR count). The molecule has 0 aliphatic rings. The maximum absolute atomic E-state index is 3.71. The van der Waals surface area contributed by atoms with Crippen LogP contribution in [0.2, 0.25) is 0 Å². The minimum Gasteiger partial charge on any atom is -0.309 e. The molecule has 0 saturated heterocycles. The zero-order valence-electron chi connectivity index (χ0n) is 13.6. The summed E-state index contributed by atoms with van der Waals surface area (Å²) in [6.45, 7) is 10.2. The first-order valence-corrected chi connectivity index (χ1v) is 9.19. The van der Waals surface area contributed by atoms with E-state index in [-0.39, 0.29) is 0 Å². The molecule has 0 fully saturated rings. The number of rotatable bonds is 10. The fraction of sp³-hybridized carbons (Fsp3) is 0.667. The monoisotopic (exact) mass is 293 g/mol. The Morgan fingerprint density at radius 2 is 1.95 bits per heavy atom. The highest BCUT2D eigenvalue weighted by atomic mass is 32.2. The molecule has 0 spiro atoms. The molecule has 0 aliphatic carbocycles. The summed E-state index contributed by atoms with van der Waals surface area (Å²) in [6, 6.07) is 9.64. The maximum Gasteiger partial charge on any atom is 0.0412 e. The first-order chi connectivity index (χ1) is 9.71. The Morgan fingerprint density at radius 3 is 2.60 bits per heavy atom. The number of hydrogen-bond donors (Lipinski definition) is 1. The van der Waals surface area contributed by atoms with Crippen LogP contribution in [0, 0.1) is 0 Å². The largest absolute Gasteiger partial charge is 0.309 e. The van der Waals surface area contributed by atoms with E-state index in [1.165, 1.54) is 42.6 Å². The van der Waals surface area contributed by atoms with Crippen LogP contribution in [-0.4, -0.2) is 17.5 Å². The lowest BCUT2D eigenvalue weighted by Crippen LogP contribution is -2.25. The summed E-state index contributed by atoms with van der Waals surface area (Å²) < 4.78 is 0. The van der Waals surface area contributed by atoms with Gasteiger partial charge in [0.05, 0.1) is 0 Å². The molecule has 1 N–H and O–H groups in total. The van der Waals surface area contributed by atoms with Crippen molar-refractivity contribution >= 4 is 11.8 Å². The molecule has 2 heteroatoms. The van der Waals surface area contributed by atoms with E-state index >= 15 is 0 Å². The fourth-order valence-corrected chi connectivity index (χ4v) is 3.29. The molecule has 0 heterocycles. The van der Waals surface area contributed by atoms with Crippen LogP contribution < -0.4 is 5.32 Å². The van der Waals surface area contributed by atoms with E-state index in [0.29, 0.717) is 6.04 Å². The van der Waals surface area contributed by atoms with E-state index in [0.717, 1.165) is 11.8 Å². The van der Waals surface area contributed by atoms with E-state index in [4.69, 9.17) is 0 Å². The highest BCUT2D eigenvalue weighted by Gasteiger charge is 2.12. The van der Waals surface area contributed by atoms with E-state index in [2.05, 4.69) is 69.0 Å². The van der Waals surface area contributed by atoms with Gasteiger partial charge < -0.3 is 5.32 Å². The fourth-order valence-electron chi connectivity index (χ4n) is 2.22. The second kappa shape index (κ2) is 10.3. The Kier molecular flexibility index (Phi) is 9.04. The lowest BCUT2D eigenvalue weighted by molar-refractivity contribution is 0.576. The summed E-state index contributed by atoms with van der Waals surface area (Å²) in [5.41, 5.74) is 2.93. The molecule has 2 atom stereocenters. The Balaban J connectivity index is 2.72. The van der Waals surface area contributed by atoms with Gasteiger partial charge in [0.15, 0.2) is 0 Å². The van der Waals surface area contributed by atoms with Crippen molar-refractivity contribution < 1.29 is 0 Å². The number of aryl methyl sites for hydroxylation is 1. The third kappa shape index (κ3) is 6.32. The van der Waals surface area contributed by atoms with Gasteiger partial charge in [-0.1, -0.05) is 58.4 Å². The van der Waals surface area contributed by atoms with Crippen LogP contribution in [0.1, 0.15) is 64.1 Å². The third-order valence-corrected chi connectivity index (χ3v) is 5.08. The highest BCUT2D eigenvalue weighted by molar-refractivity contribution is 7.99. The van der Waals surface area contributed by atoms with Gasteiger partial charge in [0.25, 0.3) is 0 Å². The smallest absolute Gasteiger partial charge is 0.0412 e. The standard InChI is InChI=1S/C18H31NS/c1-5-9-16-10-8-11-17(13-16)18(19-12-6-2)14-20-15(4)7-3/h8,10-11,13,15,18-19H,5-7,9,12,14H2,1-4H3. The SMILES string of the molecule is CCCNC(CSC(C)CC)c1cccc(CCC)c1. The van der Waals surface area contributed by atoms with Crippen molar-refractivity contribution in [1.82, 2.24) is 5.32 Å². The average molecular weight is 294 g/mol. The minimum atomic E-state index is 0.491. The Bertz CT molecular complexity index is 364. The van der Waals surface area contributed by atoms with Crippen molar-refractivity contribution in [3.63, 3.8) is 0 Å². The van der Waals surface area contributed by atoms with Gasteiger partial charge in [-0.05, 0) is 36.9 Å². The summed E-state index contributed by atoms with van der Waals surface area (Å²) in [5, 5.41) is 4.46. The minimum absolute atomic E-state index is 0.491. The van der Waals surface area contributed by atoms with Crippen LogP contribution >= 0.6 is 11.8 Å². The molecule has 1 nitrogen and oxygen atoms in total. The zero-order chi connectivity index (χ0) is 14.8. The summed E-state index contributed by atoms with van der Waals surface area (Å²) in [4.78, 5) is 0. The van der Waals surface area contributed by atoms with Crippen molar-refractivity contribution in [2.75, 3.05) is 12.3 Å². The van der Waals surface area contributed by atoms with Crippen molar-refractivity contribution in [1.29, 1.82) is 0 Å². The molecule has 20 heavy (non-hydrogen) atoms. The van der Waals surface area contributed by atoms with Crippen LogP contribution in [0.4, 0.5) is 0 Å². The number of benzene rings is 1. The normalized spacial score (nSPS) is 14.2. The second-order valence-electron chi connectivity index (χ2n) is 5.55. The first kappa shape index (κ1) is 17.6. The molecular weight excluding hydrogens is 262 g/mol. The Labute approximate surface area is 129 Å². The van der Waals surface area contributed by atoms with Gasteiger partial charge in [-0.15, -0.1) is 0 Å². The lowest BCUT2D eigenvalue weighted by Gasteiger charge is -2.21. The van der Waals surface area contributed by atoms with Crippen molar-refractivity contribution in [2.24, 2.45) is 0 Å². The van der Waals surface area contributed by atoms with Gasteiger partial charge in [0.1, 0.15) is 0 Å². The molecule has 0 aromatic heterocycles. The van der Waals surface area contributed by atoms with Crippen LogP contribution in [0.5, 0.6) is 0 Å². The summed E-state index contributed by atoms with van der Waals surface area (Å²) in [5.74, 6) is 1.17. The highest BCUT2D eigenvalue weighted by Crippen LogP contribution is 2.24. The van der Waals surface area contributed by atoms with Gasteiger partial charge in [-0.2, -0.15) is 11.8 Å². The molecule has 1 aromatic carbocycles. The predicted molar refractivity (Wildman–Crippen MR) is 93.7 cm³/mol. The van der Waals surface area contributed by atoms with Crippen molar-refractivity contribution in [3.05, 3.63) is 35.4 Å². The maximum atomic E-state index is 3.71. The van der Waals surface area contributed by atoms with Crippen molar-refractivity contribution in [3.8, 4) is 0 Å². The molecule has 1 aromatic rings. The summed E-state index contributed by atoms with van der Waals surface area (Å²) in [7, 11) is 0. The van der Waals surface area contributed by atoms with E-state index in [9.17, 15) is 0 Å². The number of nitrogens with one attached hydrogen (secondary N) is 1. The molecular formula is C18H31NS. The zero-order valence-corrected chi connectivity index (χ0v) is 14.4. The molecule has 0 bridgehead atoms. The van der Waals surface area contributed by atoms with Crippen LogP contribution in [0.15, 0.2) is 24.3 Å². The topological polar surface area (TPSA) is 12.0 Å². The van der Waals surface area contributed by atoms with Gasteiger partial charge in [0.2, 0.25) is 0 Å². The molecule has 114 valence electrons. The molecule has 0 aliphatic heterocycles. The molecule has 0 amide bonds. The van der Waals surface area contributed by atoms with Gasteiger partial charge in [0, 0.05) is 17.0 Å². The van der Waals surface area contributed by atoms with E-state index < -0.39 is 0 Å². The van der Waals surface area contributed by atoms with Gasteiger partial charge >= 0.3 is 0 Å². The van der Waals surface area contributed by atoms with Crippen LogP contribution in [0.3, 0.4) is 0 Å². The van der Waals surface area contributed by atoms with Crippen LogP contribution in [-0.2, 0) is 6.42 Å². The molecule has 2 unspecified atom stereocenters. The van der Waals surface area contributed by atoms with Gasteiger partial charge in [-0.3, -0.25) is 0 Å². The van der Waals surface area contributed by atoms with Gasteiger partial charge in [-0.25, -0.2) is 0 Å². The predicted octanol–water partition coefficient (Wildman–Crippen LogP) is 5.21. The quantitative estimate of drug-likeness (QED) is 0.635. The Hall–Kier alpha value is -0.470. The second-order valence-corrected chi connectivity index (χ2v) is 7.03. The molecule has 0 saturated carbocycles. The number of hydrogen-bond acceptors (Lipinski definition) is 2. The van der Waals surface area contributed by atoms with E-state index in [1.807, 2.05) is 0 Å².